The second-order valence-corrected chi connectivity index (χ2v) is 12.5. The van der Waals surface area contributed by atoms with Gasteiger partial charge in [-0.1, -0.05) is 23.7 Å². The first-order chi connectivity index (χ1) is 18.5. The van der Waals surface area contributed by atoms with E-state index in [9.17, 15) is 17.7 Å². The first kappa shape index (κ1) is 26.5. The molecular weight excluding hydrogens is 552 g/mol. The minimum Gasteiger partial charge on any atom is -0.406 e. The standard InChI is InChI=1S/C26H21ClF3N6O2P/c1-39(2,37)22-6-4-3-5-21(22)33-24-19(27)14-31-25(34-24)32-16-9-12-20-18(13-16)23(36-35-20)15-7-10-17(11-8-15)38-26(28,29)30/h3-14H,1-2H3,(H,35,36)(H2,31,32,33,34). The van der Waals surface area contributed by atoms with Crippen molar-refractivity contribution in [3.8, 4) is 17.0 Å². The number of ether oxygens (including phenoxy) is 1. The number of fused-ring (bicyclic) bond motifs is 1. The van der Waals surface area contributed by atoms with Gasteiger partial charge >= 0.3 is 6.36 Å². The van der Waals surface area contributed by atoms with Crippen LogP contribution in [0.1, 0.15) is 0 Å². The lowest BCUT2D eigenvalue weighted by Gasteiger charge is -2.15. The Kier molecular flexibility index (Phi) is 6.96. The Morgan fingerprint density at radius 2 is 1.74 bits per heavy atom. The van der Waals surface area contributed by atoms with Crippen LogP contribution in [0, 0.1) is 0 Å². The summed E-state index contributed by atoms with van der Waals surface area (Å²) in [6.07, 6.45) is -3.32. The number of halogens is 4. The SMILES string of the molecule is CP(C)(=O)c1ccccc1Nc1nc(Nc2ccc3[nH]nc(-c4ccc(OC(F)(F)F)cc4)c3c2)ncc1Cl. The first-order valence-electron chi connectivity index (χ1n) is 11.5. The zero-order valence-corrected chi connectivity index (χ0v) is 22.2. The molecule has 2 heterocycles. The minimum atomic E-state index is -4.77. The molecule has 0 aliphatic heterocycles. The molecule has 13 heteroatoms. The fraction of sp³-hybridized carbons (Fsp3) is 0.115. The van der Waals surface area contributed by atoms with Gasteiger partial charge in [0.25, 0.3) is 0 Å². The molecule has 0 amide bonds. The molecule has 0 aliphatic rings. The van der Waals surface area contributed by atoms with Crippen LogP contribution in [-0.4, -0.2) is 39.9 Å². The highest BCUT2D eigenvalue weighted by Gasteiger charge is 2.31. The van der Waals surface area contributed by atoms with Crippen LogP contribution in [0.3, 0.4) is 0 Å². The second kappa shape index (κ2) is 10.2. The number of H-pyrrole nitrogens is 1. The molecule has 0 spiro atoms. The highest BCUT2D eigenvalue weighted by Crippen LogP contribution is 2.39. The van der Waals surface area contributed by atoms with Crippen molar-refractivity contribution in [3.63, 3.8) is 0 Å². The second-order valence-electron chi connectivity index (χ2n) is 8.91. The molecule has 39 heavy (non-hydrogen) atoms. The summed E-state index contributed by atoms with van der Waals surface area (Å²) in [6, 6.07) is 18.1. The number of hydrogen-bond donors (Lipinski definition) is 3. The highest BCUT2D eigenvalue weighted by atomic mass is 35.5. The van der Waals surface area contributed by atoms with Crippen LogP contribution in [0.25, 0.3) is 22.2 Å². The molecule has 5 rings (SSSR count). The average molecular weight is 573 g/mol. The molecule has 3 N–H and O–H groups in total. The van der Waals surface area contributed by atoms with Gasteiger partial charge in [0.15, 0.2) is 5.82 Å². The molecule has 0 aliphatic carbocycles. The number of benzene rings is 3. The summed E-state index contributed by atoms with van der Waals surface area (Å²) in [5.74, 6) is 0.274. The van der Waals surface area contributed by atoms with E-state index in [1.54, 1.807) is 37.6 Å². The quantitative estimate of drug-likeness (QED) is 0.176. The van der Waals surface area contributed by atoms with E-state index in [-0.39, 0.29) is 16.7 Å². The molecule has 5 aromatic rings. The van der Waals surface area contributed by atoms with Gasteiger partial charge in [-0.05, 0) is 67.9 Å². The Morgan fingerprint density at radius 3 is 2.46 bits per heavy atom. The molecule has 0 bridgehead atoms. The predicted molar refractivity (Wildman–Crippen MR) is 147 cm³/mol. The number of nitrogens with zero attached hydrogens (tertiary/aromatic N) is 3. The molecule has 0 unspecified atom stereocenters. The molecule has 0 atom stereocenters. The van der Waals surface area contributed by atoms with E-state index in [1.165, 1.54) is 30.5 Å². The first-order valence-corrected chi connectivity index (χ1v) is 14.5. The van der Waals surface area contributed by atoms with Crippen molar-refractivity contribution in [3.05, 3.63) is 77.9 Å². The van der Waals surface area contributed by atoms with Gasteiger partial charge in [0.1, 0.15) is 17.9 Å². The number of nitrogens with one attached hydrogen (secondary N) is 3. The molecule has 0 fully saturated rings. The molecule has 3 aromatic carbocycles. The van der Waals surface area contributed by atoms with Gasteiger partial charge in [0.05, 0.1) is 23.1 Å². The predicted octanol–water partition coefficient (Wildman–Crippen LogP) is 7.31. The lowest BCUT2D eigenvalue weighted by Crippen LogP contribution is -2.16. The maximum Gasteiger partial charge on any atom is 0.573 e. The van der Waals surface area contributed by atoms with E-state index < -0.39 is 13.5 Å². The third kappa shape index (κ3) is 6.16. The van der Waals surface area contributed by atoms with Crippen molar-refractivity contribution >= 4 is 58.1 Å². The Hall–Kier alpha value is -4.08. The molecular formula is C26H21ClF3N6O2P. The van der Waals surface area contributed by atoms with E-state index in [2.05, 4.69) is 35.5 Å². The van der Waals surface area contributed by atoms with Crippen molar-refractivity contribution in [1.82, 2.24) is 20.2 Å². The summed E-state index contributed by atoms with van der Waals surface area (Å²) >= 11 is 6.35. The summed E-state index contributed by atoms with van der Waals surface area (Å²) in [5, 5.41) is 15.2. The topological polar surface area (TPSA) is 105 Å². The zero-order chi connectivity index (χ0) is 27.8. The molecule has 0 saturated heterocycles. The number of aromatic amines is 1. The number of aromatic nitrogens is 4. The Balaban J connectivity index is 1.41. The van der Waals surface area contributed by atoms with Gasteiger partial charge in [-0.3, -0.25) is 5.10 Å². The van der Waals surface area contributed by atoms with Gasteiger partial charge in [0.2, 0.25) is 5.95 Å². The maximum atomic E-state index is 12.7. The molecule has 8 nitrogen and oxygen atoms in total. The maximum absolute atomic E-state index is 12.7. The number of para-hydroxylation sites is 1. The summed E-state index contributed by atoms with van der Waals surface area (Å²) in [7, 11) is -2.56. The average Bonchev–Trinajstić information content (AvgIpc) is 3.29. The van der Waals surface area contributed by atoms with E-state index in [0.717, 1.165) is 10.9 Å². The van der Waals surface area contributed by atoms with E-state index in [1.807, 2.05) is 18.2 Å². The number of alkyl halides is 3. The smallest absolute Gasteiger partial charge is 0.406 e. The van der Waals surface area contributed by atoms with Crippen molar-refractivity contribution in [1.29, 1.82) is 0 Å². The summed E-state index contributed by atoms with van der Waals surface area (Å²) in [5.41, 5.74) is 3.15. The third-order valence-electron chi connectivity index (χ3n) is 5.66. The lowest BCUT2D eigenvalue weighted by molar-refractivity contribution is -0.274. The third-order valence-corrected chi connectivity index (χ3v) is 7.49. The van der Waals surface area contributed by atoms with Crippen molar-refractivity contribution < 1.29 is 22.5 Å². The number of rotatable bonds is 7. The Labute approximate surface area is 226 Å². The molecule has 200 valence electrons. The van der Waals surface area contributed by atoms with Crippen LogP contribution in [0.4, 0.5) is 36.3 Å². The normalized spacial score (nSPS) is 11.9. The summed E-state index contributed by atoms with van der Waals surface area (Å²) in [6.45, 7) is 3.38. The van der Waals surface area contributed by atoms with Gasteiger partial charge in [-0.25, -0.2) is 4.98 Å². The van der Waals surface area contributed by atoms with Gasteiger partial charge < -0.3 is 19.9 Å². The largest absolute Gasteiger partial charge is 0.573 e. The molecule has 2 aromatic heterocycles. The number of anilines is 4. The zero-order valence-electron chi connectivity index (χ0n) is 20.5. The van der Waals surface area contributed by atoms with Crippen LogP contribution in [0.15, 0.2) is 72.9 Å². The van der Waals surface area contributed by atoms with E-state index >= 15 is 0 Å². The fourth-order valence-corrected chi connectivity index (χ4v) is 5.24. The van der Waals surface area contributed by atoms with Crippen LogP contribution in [0.2, 0.25) is 5.02 Å². The fourth-order valence-electron chi connectivity index (χ4n) is 3.95. The van der Waals surface area contributed by atoms with Crippen molar-refractivity contribution in [2.45, 2.75) is 6.36 Å². The molecule has 0 radical (unpaired) electrons. The van der Waals surface area contributed by atoms with Gasteiger partial charge in [0, 0.05) is 21.9 Å². The van der Waals surface area contributed by atoms with Crippen LogP contribution in [-0.2, 0) is 4.57 Å². The monoisotopic (exact) mass is 572 g/mol. The van der Waals surface area contributed by atoms with Gasteiger partial charge in [-0.2, -0.15) is 10.1 Å². The van der Waals surface area contributed by atoms with Crippen molar-refractivity contribution in [2.24, 2.45) is 0 Å². The number of hydrogen-bond acceptors (Lipinski definition) is 7. The Bertz CT molecular complexity index is 1700. The van der Waals surface area contributed by atoms with Gasteiger partial charge in [-0.15, -0.1) is 13.2 Å². The minimum absolute atomic E-state index is 0.258. The summed E-state index contributed by atoms with van der Waals surface area (Å²) in [4.78, 5) is 8.75. The van der Waals surface area contributed by atoms with Crippen LogP contribution >= 0.6 is 18.7 Å². The van der Waals surface area contributed by atoms with E-state index in [0.29, 0.717) is 33.8 Å². The lowest BCUT2D eigenvalue weighted by atomic mass is 10.1. The van der Waals surface area contributed by atoms with E-state index in [4.69, 9.17) is 11.6 Å². The van der Waals surface area contributed by atoms with Crippen LogP contribution < -0.4 is 20.7 Å². The summed E-state index contributed by atoms with van der Waals surface area (Å²) < 4.78 is 54.1. The van der Waals surface area contributed by atoms with Crippen LogP contribution in [0.5, 0.6) is 5.75 Å². The molecule has 0 saturated carbocycles. The highest BCUT2D eigenvalue weighted by molar-refractivity contribution is 7.70. The Morgan fingerprint density at radius 1 is 1.00 bits per heavy atom. The van der Waals surface area contributed by atoms with Crippen molar-refractivity contribution in [2.75, 3.05) is 24.0 Å².